The van der Waals surface area contributed by atoms with Gasteiger partial charge in [-0.1, -0.05) is 0 Å². The summed E-state index contributed by atoms with van der Waals surface area (Å²) in [5, 5.41) is 17.1. The van der Waals surface area contributed by atoms with E-state index in [0.29, 0.717) is 17.9 Å². The zero-order chi connectivity index (χ0) is 18.1. The Morgan fingerprint density at radius 3 is 2.50 bits per heavy atom. The van der Waals surface area contributed by atoms with E-state index in [1.165, 1.54) is 25.5 Å². The number of carbonyl (C=O) groups is 1. The minimum absolute atomic E-state index is 0.0221. The van der Waals surface area contributed by atoms with Gasteiger partial charge in [0.25, 0.3) is 0 Å². The minimum atomic E-state index is -0.238. The molecular weight excluding hydrogens is 330 g/mol. The number of rotatable bonds is 5. The number of nitrogens with one attached hydrogen (secondary N) is 2. The van der Waals surface area contributed by atoms with E-state index in [4.69, 9.17) is 4.74 Å². The highest BCUT2D eigenvalue weighted by atomic mass is 16.5. The first kappa shape index (κ1) is 17.2. The third-order valence-corrected chi connectivity index (χ3v) is 6.08. The Bertz CT molecular complexity index is 681. The van der Waals surface area contributed by atoms with Gasteiger partial charge in [0.15, 0.2) is 11.5 Å². The smallest absolute Gasteiger partial charge is 0.335 e. The van der Waals surface area contributed by atoms with Crippen molar-refractivity contribution in [2.24, 2.45) is 22.9 Å². The van der Waals surface area contributed by atoms with Crippen LogP contribution >= 0.6 is 0 Å². The Kier molecular flexibility index (Phi) is 4.51. The van der Waals surface area contributed by atoms with E-state index in [1.807, 2.05) is 6.92 Å². The average Bonchev–Trinajstić information content (AvgIpc) is 2.55. The van der Waals surface area contributed by atoms with Crippen molar-refractivity contribution >= 4 is 12.2 Å². The summed E-state index contributed by atoms with van der Waals surface area (Å²) in [5.74, 6) is 2.87. The second-order valence-electron chi connectivity index (χ2n) is 8.18. The van der Waals surface area contributed by atoms with Crippen LogP contribution in [0.4, 0.5) is 4.79 Å². The van der Waals surface area contributed by atoms with Crippen molar-refractivity contribution in [2.75, 3.05) is 6.61 Å². The SMILES string of the molecule is CCOc1ccc(/C=N\NC(=O)NC23CC4CC(CC(C4)C2)C3)cc1O. The summed E-state index contributed by atoms with van der Waals surface area (Å²) >= 11 is 0. The normalized spacial score (nSPS) is 32.0. The first-order valence-electron chi connectivity index (χ1n) is 9.62. The maximum absolute atomic E-state index is 12.3. The lowest BCUT2D eigenvalue weighted by molar-refractivity contribution is -0.0135. The number of phenolic OH excluding ortho intramolecular Hbond substituents is 1. The van der Waals surface area contributed by atoms with Crippen LogP contribution in [-0.2, 0) is 0 Å². The molecule has 4 bridgehead atoms. The molecule has 5 rings (SSSR count). The molecule has 140 valence electrons. The fraction of sp³-hybridized carbons (Fsp3) is 0.600. The van der Waals surface area contributed by atoms with Crippen molar-refractivity contribution in [3.63, 3.8) is 0 Å². The zero-order valence-corrected chi connectivity index (χ0v) is 15.2. The molecule has 0 radical (unpaired) electrons. The highest BCUT2D eigenvalue weighted by molar-refractivity contribution is 5.83. The molecule has 0 heterocycles. The summed E-state index contributed by atoms with van der Waals surface area (Å²) in [7, 11) is 0. The lowest BCUT2D eigenvalue weighted by Gasteiger charge is -2.56. The van der Waals surface area contributed by atoms with Gasteiger partial charge in [0.05, 0.1) is 12.8 Å². The van der Waals surface area contributed by atoms with E-state index in [9.17, 15) is 9.90 Å². The van der Waals surface area contributed by atoms with Crippen molar-refractivity contribution in [1.82, 2.24) is 10.7 Å². The van der Waals surface area contributed by atoms with Gasteiger partial charge in [-0.15, -0.1) is 0 Å². The van der Waals surface area contributed by atoms with E-state index in [2.05, 4.69) is 15.8 Å². The average molecular weight is 357 g/mol. The number of hydrogen-bond acceptors (Lipinski definition) is 4. The third-order valence-electron chi connectivity index (χ3n) is 6.08. The Balaban J connectivity index is 1.33. The Hall–Kier alpha value is -2.24. The standard InChI is InChI=1S/C20H27N3O3/c1-2-26-18-4-3-13(8-17(18)24)12-21-23-19(25)22-20-9-14-5-15(10-20)7-16(6-14)11-20/h3-4,8,12,14-16,24H,2,5-7,9-11H2,1H3,(H2,22,23,25)/b21-12-. The van der Waals surface area contributed by atoms with Crippen LogP contribution < -0.4 is 15.5 Å². The number of urea groups is 1. The molecule has 0 saturated heterocycles. The molecule has 4 aliphatic carbocycles. The summed E-state index contributed by atoms with van der Waals surface area (Å²) in [4.78, 5) is 12.3. The molecule has 6 heteroatoms. The molecule has 0 aliphatic heterocycles. The quantitative estimate of drug-likeness (QED) is 0.558. The van der Waals surface area contributed by atoms with Crippen LogP contribution in [0.1, 0.15) is 51.0 Å². The fourth-order valence-electron chi connectivity index (χ4n) is 5.59. The summed E-state index contributed by atoms with van der Waals surface area (Å²) in [6.07, 6.45) is 8.91. The number of nitrogens with zero attached hydrogens (tertiary/aromatic N) is 1. The van der Waals surface area contributed by atoms with E-state index in [-0.39, 0.29) is 17.3 Å². The first-order chi connectivity index (χ1) is 12.5. The monoisotopic (exact) mass is 357 g/mol. The van der Waals surface area contributed by atoms with Gasteiger partial charge < -0.3 is 15.2 Å². The number of aromatic hydroxyl groups is 1. The number of hydrogen-bond donors (Lipinski definition) is 3. The predicted molar refractivity (Wildman–Crippen MR) is 99.4 cm³/mol. The highest BCUT2D eigenvalue weighted by Gasteiger charge is 2.51. The molecule has 2 amide bonds. The second kappa shape index (κ2) is 6.82. The molecule has 0 aromatic heterocycles. The molecule has 3 N–H and O–H groups in total. The van der Waals surface area contributed by atoms with Crippen molar-refractivity contribution in [3.05, 3.63) is 23.8 Å². The molecular formula is C20H27N3O3. The number of phenols is 1. The van der Waals surface area contributed by atoms with Gasteiger partial charge in [-0.05, 0) is 87.0 Å². The molecule has 26 heavy (non-hydrogen) atoms. The van der Waals surface area contributed by atoms with Crippen LogP contribution in [0.25, 0.3) is 0 Å². The number of ether oxygens (including phenoxy) is 1. The maximum atomic E-state index is 12.3. The second-order valence-corrected chi connectivity index (χ2v) is 8.18. The predicted octanol–water partition coefficient (Wildman–Crippen LogP) is 3.39. The van der Waals surface area contributed by atoms with E-state index < -0.39 is 0 Å². The van der Waals surface area contributed by atoms with Gasteiger partial charge in [0, 0.05) is 5.54 Å². The van der Waals surface area contributed by atoms with Crippen molar-refractivity contribution < 1.29 is 14.6 Å². The van der Waals surface area contributed by atoms with Gasteiger partial charge in [-0.2, -0.15) is 5.10 Å². The summed E-state index contributed by atoms with van der Waals surface area (Å²) in [6.45, 7) is 2.36. The number of benzene rings is 1. The van der Waals surface area contributed by atoms with Crippen molar-refractivity contribution in [2.45, 2.75) is 51.0 Å². The largest absolute Gasteiger partial charge is 0.504 e. The molecule has 0 unspecified atom stereocenters. The topological polar surface area (TPSA) is 83.0 Å². The molecule has 0 atom stereocenters. The number of carbonyl (C=O) groups excluding carboxylic acids is 1. The van der Waals surface area contributed by atoms with Crippen molar-refractivity contribution in [3.8, 4) is 11.5 Å². The Morgan fingerprint density at radius 2 is 1.92 bits per heavy atom. The molecule has 6 nitrogen and oxygen atoms in total. The van der Waals surface area contributed by atoms with Gasteiger partial charge in [-0.25, -0.2) is 10.2 Å². The van der Waals surface area contributed by atoms with Crippen LogP contribution in [0.15, 0.2) is 23.3 Å². The molecule has 1 aromatic carbocycles. The van der Waals surface area contributed by atoms with Gasteiger partial charge in [0.1, 0.15) is 0 Å². The van der Waals surface area contributed by atoms with Crippen LogP contribution in [0.2, 0.25) is 0 Å². The van der Waals surface area contributed by atoms with Gasteiger partial charge >= 0.3 is 6.03 Å². The first-order valence-corrected chi connectivity index (χ1v) is 9.62. The third kappa shape index (κ3) is 3.50. The zero-order valence-electron chi connectivity index (χ0n) is 15.2. The molecule has 4 fully saturated rings. The minimum Gasteiger partial charge on any atom is -0.504 e. The van der Waals surface area contributed by atoms with Gasteiger partial charge in [-0.3, -0.25) is 0 Å². The Morgan fingerprint density at radius 1 is 1.27 bits per heavy atom. The van der Waals surface area contributed by atoms with E-state index >= 15 is 0 Å². The van der Waals surface area contributed by atoms with Crippen LogP contribution in [0, 0.1) is 17.8 Å². The summed E-state index contributed by atoms with van der Waals surface area (Å²) in [6, 6.07) is 4.80. The van der Waals surface area contributed by atoms with Crippen LogP contribution in [0.5, 0.6) is 11.5 Å². The Labute approximate surface area is 154 Å². The van der Waals surface area contributed by atoms with E-state index in [1.54, 1.807) is 18.2 Å². The van der Waals surface area contributed by atoms with E-state index in [0.717, 1.165) is 37.0 Å². The van der Waals surface area contributed by atoms with Gasteiger partial charge in [0.2, 0.25) is 0 Å². The maximum Gasteiger partial charge on any atom is 0.335 e. The molecule has 4 saturated carbocycles. The number of amides is 2. The van der Waals surface area contributed by atoms with Crippen molar-refractivity contribution in [1.29, 1.82) is 0 Å². The highest BCUT2D eigenvalue weighted by Crippen LogP contribution is 2.55. The number of hydrazone groups is 1. The fourth-order valence-corrected chi connectivity index (χ4v) is 5.59. The van der Waals surface area contributed by atoms with Crippen LogP contribution in [-0.4, -0.2) is 29.5 Å². The molecule has 0 spiro atoms. The summed E-state index contributed by atoms with van der Waals surface area (Å²) in [5.41, 5.74) is 3.25. The molecule has 1 aromatic rings. The lowest BCUT2D eigenvalue weighted by atomic mass is 9.53. The van der Waals surface area contributed by atoms with Crippen LogP contribution in [0.3, 0.4) is 0 Å². The molecule has 4 aliphatic rings. The summed E-state index contributed by atoms with van der Waals surface area (Å²) < 4.78 is 5.29. The lowest BCUT2D eigenvalue weighted by Crippen LogP contribution is -2.61.